The van der Waals surface area contributed by atoms with E-state index in [9.17, 15) is 18.3 Å². The summed E-state index contributed by atoms with van der Waals surface area (Å²) >= 11 is 1.48. The maximum atomic E-state index is 13.0. The molecule has 0 unspecified atom stereocenters. The van der Waals surface area contributed by atoms with Crippen LogP contribution < -0.4 is 13.8 Å². The second-order valence-corrected chi connectivity index (χ2v) is 7.86. The number of anilines is 1. The van der Waals surface area contributed by atoms with E-state index in [1.807, 2.05) is 6.26 Å². The van der Waals surface area contributed by atoms with Crippen molar-refractivity contribution in [2.45, 2.75) is 9.79 Å². The summed E-state index contributed by atoms with van der Waals surface area (Å²) in [6.07, 6.45) is 1.88. The predicted molar refractivity (Wildman–Crippen MR) is 99.9 cm³/mol. The van der Waals surface area contributed by atoms with Gasteiger partial charge in [0.05, 0.1) is 24.8 Å². The van der Waals surface area contributed by atoms with E-state index in [0.717, 1.165) is 9.20 Å². The third-order valence-corrected chi connectivity index (χ3v) is 6.11. The third-order valence-electron chi connectivity index (χ3n) is 3.58. The molecule has 26 heavy (non-hydrogen) atoms. The van der Waals surface area contributed by atoms with E-state index in [1.165, 1.54) is 56.3 Å². The number of ether oxygens (including phenoxy) is 2. The van der Waals surface area contributed by atoms with Crippen LogP contribution in [-0.2, 0) is 14.8 Å². The molecule has 0 heterocycles. The smallest absolute Gasteiger partial charge is 0.324 e. The van der Waals surface area contributed by atoms with Gasteiger partial charge in [-0.25, -0.2) is 8.42 Å². The van der Waals surface area contributed by atoms with Crippen molar-refractivity contribution in [2.75, 3.05) is 31.3 Å². The van der Waals surface area contributed by atoms with Crippen LogP contribution in [0.1, 0.15) is 0 Å². The Bertz CT molecular complexity index is 881. The van der Waals surface area contributed by atoms with Crippen LogP contribution in [0.25, 0.3) is 0 Å². The van der Waals surface area contributed by atoms with Crippen LogP contribution in [0.4, 0.5) is 5.69 Å². The molecule has 0 saturated heterocycles. The van der Waals surface area contributed by atoms with Gasteiger partial charge in [0.25, 0.3) is 10.0 Å². The summed E-state index contributed by atoms with van der Waals surface area (Å²) in [5.74, 6) is -0.564. The minimum Gasteiger partial charge on any atom is -0.493 e. The first-order valence-corrected chi connectivity index (χ1v) is 10.1. The number of hydrogen-bond donors (Lipinski definition) is 1. The van der Waals surface area contributed by atoms with Gasteiger partial charge >= 0.3 is 5.97 Å². The van der Waals surface area contributed by atoms with Gasteiger partial charge in [0, 0.05) is 11.0 Å². The van der Waals surface area contributed by atoms with Crippen molar-refractivity contribution in [1.82, 2.24) is 0 Å². The van der Waals surface area contributed by atoms with Crippen LogP contribution in [0.3, 0.4) is 0 Å². The molecule has 0 aliphatic carbocycles. The van der Waals surface area contributed by atoms with E-state index in [4.69, 9.17) is 9.47 Å². The molecule has 0 aliphatic heterocycles. The maximum absolute atomic E-state index is 13.0. The number of thioether (sulfide) groups is 1. The van der Waals surface area contributed by atoms with Crippen LogP contribution in [0, 0.1) is 0 Å². The fourth-order valence-electron chi connectivity index (χ4n) is 2.29. The van der Waals surface area contributed by atoms with Crippen molar-refractivity contribution in [3.05, 3.63) is 42.5 Å². The summed E-state index contributed by atoms with van der Waals surface area (Å²) < 4.78 is 37.2. The highest BCUT2D eigenvalue weighted by atomic mass is 32.2. The fourth-order valence-corrected chi connectivity index (χ4v) is 4.11. The summed E-state index contributed by atoms with van der Waals surface area (Å²) in [7, 11) is -1.20. The lowest BCUT2D eigenvalue weighted by atomic mass is 10.2. The van der Waals surface area contributed by atoms with Crippen molar-refractivity contribution in [3.63, 3.8) is 0 Å². The first-order valence-electron chi connectivity index (χ1n) is 7.44. The van der Waals surface area contributed by atoms with E-state index in [1.54, 1.807) is 12.1 Å². The highest BCUT2D eigenvalue weighted by molar-refractivity contribution is 7.98. The minimum atomic E-state index is -4.07. The Labute approximate surface area is 156 Å². The lowest BCUT2D eigenvalue weighted by molar-refractivity contribution is -0.135. The minimum absolute atomic E-state index is 0.00587. The summed E-state index contributed by atoms with van der Waals surface area (Å²) in [6.45, 7) is -0.720. The number of benzene rings is 2. The summed E-state index contributed by atoms with van der Waals surface area (Å²) in [5.41, 5.74) is 0.166. The number of hydrogen-bond acceptors (Lipinski definition) is 6. The quantitative estimate of drug-likeness (QED) is 0.685. The molecular weight excluding hydrogens is 378 g/mol. The lowest BCUT2D eigenvalue weighted by Gasteiger charge is -2.23. The molecule has 9 heteroatoms. The molecule has 0 atom stereocenters. The second-order valence-electron chi connectivity index (χ2n) is 5.12. The Morgan fingerprint density at radius 1 is 1.08 bits per heavy atom. The van der Waals surface area contributed by atoms with Gasteiger partial charge in [0.1, 0.15) is 6.54 Å². The molecule has 7 nitrogen and oxygen atoms in total. The number of methoxy groups -OCH3 is 2. The number of carboxylic acid groups (broad SMARTS) is 1. The highest BCUT2D eigenvalue weighted by Gasteiger charge is 2.28. The zero-order chi connectivity index (χ0) is 19.3. The van der Waals surface area contributed by atoms with Crippen molar-refractivity contribution < 1.29 is 27.8 Å². The topological polar surface area (TPSA) is 93.1 Å². The van der Waals surface area contributed by atoms with Crippen molar-refractivity contribution in [3.8, 4) is 11.5 Å². The molecule has 2 aromatic carbocycles. The van der Waals surface area contributed by atoms with Crippen molar-refractivity contribution >= 4 is 33.4 Å². The average molecular weight is 397 g/mol. The number of rotatable bonds is 8. The number of carboxylic acids is 1. The largest absolute Gasteiger partial charge is 0.493 e. The number of aliphatic carboxylic acids is 1. The van der Waals surface area contributed by atoms with Crippen LogP contribution >= 0.6 is 11.8 Å². The summed E-state index contributed by atoms with van der Waals surface area (Å²) in [5, 5.41) is 9.20. The van der Waals surface area contributed by atoms with Gasteiger partial charge in [-0.2, -0.15) is 0 Å². The highest BCUT2D eigenvalue weighted by Crippen LogP contribution is 2.34. The molecule has 2 rings (SSSR count). The number of sulfonamides is 1. The Kier molecular flexibility index (Phi) is 6.38. The van der Waals surface area contributed by atoms with Crippen LogP contribution in [0.2, 0.25) is 0 Å². The normalized spacial score (nSPS) is 11.0. The van der Waals surface area contributed by atoms with Crippen LogP contribution in [-0.4, -0.2) is 46.5 Å². The maximum Gasteiger partial charge on any atom is 0.324 e. The number of carbonyl (C=O) groups is 1. The monoisotopic (exact) mass is 397 g/mol. The standard InChI is InChI=1S/C17H19NO6S2/c1-23-15-9-4-12(10-16(15)24-2)18(11-17(19)20)26(21,22)14-7-5-13(25-3)6-8-14/h4-10H,11H2,1-3H3,(H,19,20). The predicted octanol–water partition coefficient (Wildman–Crippen LogP) is 2.71. The lowest BCUT2D eigenvalue weighted by Crippen LogP contribution is -2.35. The molecule has 0 radical (unpaired) electrons. The van der Waals surface area contributed by atoms with E-state index < -0.39 is 22.5 Å². The molecule has 2 aromatic rings. The van der Waals surface area contributed by atoms with Gasteiger partial charge in [-0.3, -0.25) is 9.10 Å². The molecule has 1 N–H and O–H groups in total. The van der Waals surface area contributed by atoms with E-state index >= 15 is 0 Å². The molecule has 0 saturated carbocycles. The van der Waals surface area contributed by atoms with Crippen LogP contribution in [0.5, 0.6) is 11.5 Å². The van der Waals surface area contributed by atoms with Gasteiger partial charge in [0.2, 0.25) is 0 Å². The molecule has 0 amide bonds. The van der Waals surface area contributed by atoms with Gasteiger partial charge in [0.15, 0.2) is 11.5 Å². The molecule has 0 aliphatic rings. The second kappa shape index (κ2) is 8.33. The number of nitrogens with zero attached hydrogens (tertiary/aromatic N) is 1. The Morgan fingerprint density at radius 3 is 2.19 bits per heavy atom. The summed E-state index contributed by atoms with van der Waals surface area (Å²) in [6, 6.07) is 10.7. The van der Waals surface area contributed by atoms with Gasteiger partial charge < -0.3 is 14.6 Å². The third kappa shape index (κ3) is 4.23. The first-order chi connectivity index (χ1) is 12.3. The van der Waals surface area contributed by atoms with Crippen LogP contribution in [0.15, 0.2) is 52.3 Å². The van der Waals surface area contributed by atoms with Crippen molar-refractivity contribution in [1.29, 1.82) is 0 Å². The molecule has 0 fully saturated rings. The SMILES string of the molecule is COc1ccc(N(CC(=O)O)S(=O)(=O)c2ccc(SC)cc2)cc1OC. The zero-order valence-electron chi connectivity index (χ0n) is 14.5. The molecule has 140 valence electrons. The van der Waals surface area contributed by atoms with E-state index in [0.29, 0.717) is 11.5 Å². The van der Waals surface area contributed by atoms with Gasteiger partial charge in [-0.05, 0) is 42.7 Å². The van der Waals surface area contributed by atoms with Gasteiger partial charge in [-0.15, -0.1) is 11.8 Å². The van der Waals surface area contributed by atoms with Gasteiger partial charge in [-0.1, -0.05) is 0 Å². The Balaban J connectivity index is 2.54. The van der Waals surface area contributed by atoms with E-state index in [-0.39, 0.29) is 10.6 Å². The zero-order valence-corrected chi connectivity index (χ0v) is 16.1. The summed E-state index contributed by atoms with van der Waals surface area (Å²) in [4.78, 5) is 12.2. The average Bonchev–Trinajstić information content (AvgIpc) is 2.65. The Hall–Kier alpha value is -2.39. The molecule has 0 bridgehead atoms. The fraction of sp³-hybridized carbons (Fsp3) is 0.235. The first kappa shape index (κ1) is 19.9. The van der Waals surface area contributed by atoms with E-state index in [2.05, 4.69) is 0 Å². The molecule has 0 aromatic heterocycles. The molecule has 0 spiro atoms. The van der Waals surface area contributed by atoms with Crippen molar-refractivity contribution in [2.24, 2.45) is 0 Å². The molecular formula is C17H19NO6S2. The Morgan fingerprint density at radius 2 is 1.69 bits per heavy atom.